The van der Waals surface area contributed by atoms with E-state index in [1.54, 1.807) is 31.5 Å². The molecule has 0 radical (unpaired) electrons. The van der Waals surface area contributed by atoms with Crippen LogP contribution in [-0.4, -0.2) is 17.1 Å². The summed E-state index contributed by atoms with van der Waals surface area (Å²) in [6.45, 7) is 0. The van der Waals surface area contributed by atoms with Crippen molar-refractivity contribution in [1.82, 2.24) is 9.97 Å². The van der Waals surface area contributed by atoms with Gasteiger partial charge in [-0.1, -0.05) is 29.8 Å². The first kappa shape index (κ1) is 17.2. The lowest BCUT2D eigenvalue weighted by molar-refractivity contribution is 0.415. The van der Waals surface area contributed by atoms with E-state index in [1.807, 2.05) is 30.3 Å². The molecule has 27 heavy (non-hydrogen) atoms. The zero-order chi connectivity index (χ0) is 18.8. The first-order chi connectivity index (χ1) is 13.2. The number of halogens is 2. The van der Waals surface area contributed by atoms with Gasteiger partial charge < -0.3 is 10.1 Å². The number of rotatable bonds is 4. The van der Waals surface area contributed by atoms with Crippen LogP contribution in [0, 0.1) is 5.82 Å². The number of anilines is 2. The number of ether oxygens (including phenoxy) is 1. The second kappa shape index (κ2) is 7.21. The average Bonchev–Trinajstić information content (AvgIpc) is 2.70. The average molecular weight is 380 g/mol. The molecular formula is C21H15ClFN3O. The molecule has 4 nitrogen and oxygen atoms in total. The summed E-state index contributed by atoms with van der Waals surface area (Å²) in [5.74, 6) is 0.784. The quantitative estimate of drug-likeness (QED) is 0.483. The molecule has 4 rings (SSSR count). The molecule has 134 valence electrons. The molecule has 2 aromatic carbocycles. The summed E-state index contributed by atoms with van der Waals surface area (Å²) in [5.41, 5.74) is 2.29. The number of nitrogens with zero attached hydrogens (tertiary/aromatic N) is 2. The summed E-state index contributed by atoms with van der Waals surface area (Å²) in [6, 6.07) is 17.4. The number of hydrogen-bond acceptors (Lipinski definition) is 4. The van der Waals surface area contributed by atoms with Crippen molar-refractivity contribution < 1.29 is 9.13 Å². The molecule has 0 saturated carbocycles. The molecule has 0 aliphatic rings. The van der Waals surface area contributed by atoms with Crippen LogP contribution in [0.15, 0.2) is 66.9 Å². The Balaban J connectivity index is 1.90. The molecule has 2 aromatic heterocycles. The molecule has 0 fully saturated rings. The summed E-state index contributed by atoms with van der Waals surface area (Å²) < 4.78 is 19.7. The zero-order valence-electron chi connectivity index (χ0n) is 14.4. The molecule has 0 amide bonds. The van der Waals surface area contributed by atoms with Crippen LogP contribution in [0.2, 0.25) is 5.02 Å². The third kappa shape index (κ3) is 3.41. The fourth-order valence-electron chi connectivity index (χ4n) is 2.89. The highest BCUT2D eigenvalue weighted by Gasteiger charge is 2.13. The van der Waals surface area contributed by atoms with E-state index in [2.05, 4.69) is 15.3 Å². The Bertz CT molecular complexity index is 1130. The lowest BCUT2D eigenvalue weighted by Gasteiger charge is -2.14. The van der Waals surface area contributed by atoms with E-state index in [4.69, 9.17) is 16.3 Å². The minimum Gasteiger partial charge on any atom is -0.493 e. The van der Waals surface area contributed by atoms with Crippen LogP contribution in [0.25, 0.3) is 22.2 Å². The highest BCUT2D eigenvalue weighted by Crippen LogP contribution is 2.34. The topological polar surface area (TPSA) is 47.0 Å². The monoisotopic (exact) mass is 379 g/mol. The van der Waals surface area contributed by atoms with Gasteiger partial charge in [0.2, 0.25) is 0 Å². The van der Waals surface area contributed by atoms with E-state index in [0.717, 1.165) is 16.6 Å². The minimum atomic E-state index is -0.386. The second-order valence-electron chi connectivity index (χ2n) is 5.88. The van der Waals surface area contributed by atoms with Crippen LogP contribution in [0.3, 0.4) is 0 Å². The van der Waals surface area contributed by atoms with Gasteiger partial charge in [0.1, 0.15) is 5.82 Å². The zero-order valence-corrected chi connectivity index (χ0v) is 15.2. The highest BCUT2D eigenvalue weighted by molar-refractivity contribution is 6.30. The number of aromatic nitrogens is 2. The summed E-state index contributed by atoms with van der Waals surface area (Å²) in [4.78, 5) is 8.94. The van der Waals surface area contributed by atoms with Crippen molar-refractivity contribution in [3.63, 3.8) is 0 Å². The number of methoxy groups -OCH3 is 1. The third-order valence-corrected chi connectivity index (χ3v) is 4.40. The van der Waals surface area contributed by atoms with Gasteiger partial charge in [0.25, 0.3) is 0 Å². The van der Waals surface area contributed by atoms with Crippen molar-refractivity contribution >= 4 is 34.0 Å². The Morgan fingerprint density at radius 2 is 1.89 bits per heavy atom. The van der Waals surface area contributed by atoms with E-state index < -0.39 is 0 Å². The Morgan fingerprint density at radius 1 is 1.04 bits per heavy atom. The SMILES string of the molecule is COc1cccnc1Nc1cc(-c2cc(Cl)ccc2F)nc2ccccc12. The van der Waals surface area contributed by atoms with E-state index >= 15 is 0 Å². The molecule has 0 atom stereocenters. The van der Waals surface area contributed by atoms with E-state index in [1.165, 1.54) is 12.1 Å². The van der Waals surface area contributed by atoms with Crippen molar-refractivity contribution in [3.8, 4) is 17.0 Å². The van der Waals surface area contributed by atoms with Gasteiger partial charge in [-0.3, -0.25) is 0 Å². The van der Waals surface area contributed by atoms with Crippen LogP contribution < -0.4 is 10.1 Å². The first-order valence-electron chi connectivity index (χ1n) is 8.27. The Morgan fingerprint density at radius 3 is 2.74 bits per heavy atom. The normalized spacial score (nSPS) is 10.8. The molecule has 0 unspecified atom stereocenters. The van der Waals surface area contributed by atoms with Crippen LogP contribution in [0.1, 0.15) is 0 Å². The van der Waals surface area contributed by atoms with Crippen molar-refractivity contribution in [3.05, 3.63) is 77.7 Å². The van der Waals surface area contributed by atoms with Crippen molar-refractivity contribution in [2.75, 3.05) is 12.4 Å². The Kier molecular flexibility index (Phi) is 4.60. The maximum atomic E-state index is 14.4. The van der Waals surface area contributed by atoms with E-state index in [-0.39, 0.29) is 5.82 Å². The molecule has 4 aromatic rings. The van der Waals surface area contributed by atoms with Gasteiger partial charge in [-0.2, -0.15) is 0 Å². The van der Waals surface area contributed by atoms with Gasteiger partial charge in [-0.15, -0.1) is 0 Å². The number of hydrogen-bond donors (Lipinski definition) is 1. The summed E-state index contributed by atoms with van der Waals surface area (Å²) in [7, 11) is 1.58. The standard InChI is InChI=1S/C21H15ClFN3O/c1-27-20-7-4-10-24-21(20)26-18-12-19(15-11-13(22)8-9-16(15)23)25-17-6-3-2-5-14(17)18/h2-12H,1H3,(H,24,25,26). The smallest absolute Gasteiger partial charge is 0.173 e. The van der Waals surface area contributed by atoms with Gasteiger partial charge in [-0.05, 0) is 42.5 Å². The molecule has 0 aliphatic heterocycles. The molecule has 0 spiro atoms. The van der Waals surface area contributed by atoms with E-state index in [0.29, 0.717) is 27.8 Å². The molecule has 0 aliphatic carbocycles. The maximum absolute atomic E-state index is 14.4. The molecule has 0 bridgehead atoms. The molecule has 1 N–H and O–H groups in total. The Hall–Kier alpha value is -3.18. The lowest BCUT2D eigenvalue weighted by atomic mass is 10.1. The number of nitrogens with one attached hydrogen (secondary N) is 1. The molecule has 6 heteroatoms. The van der Waals surface area contributed by atoms with Gasteiger partial charge in [0.15, 0.2) is 11.6 Å². The van der Waals surface area contributed by atoms with Crippen LogP contribution in [0.5, 0.6) is 5.75 Å². The number of fused-ring (bicyclic) bond motifs is 1. The van der Waals surface area contributed by atoms with Crippen molar-refractivity contribution in [1.29, 1.82) is 0 Å². The predicted molar refractivity (Wildman–Crippen MR) is 106 cm³/mol. The van der Waals surface area contributed by atoms with E-state index in [9.17, 15) is 4.39 Å². The summed E-state index contributed by atoms with van der Waals surface area (Å²) >= 11 is 6.06. The number of benzene rings is 2. The Labute approximate surface area is 160 Å². The lowest BCUT2D eigenvalue weighted by Crippen LogP contribution is -1.99. The minimum absolute atomic E-state index is 0.337. The highest BCUT2D eigenvalue weighted by atomic mass is 35.5. The van der Waals surface area contributed by atoms with Crippen LogP contribution >= 0.6 is 11.6 Å². The summed E-state index contributed by atoms with van der Waals surface area (Å²) in [5, 5.41) is 4.61. The number of pyridine rings is 2. The molecule has 0 saturated heterocycles. The number of para-hydroxylation sites is 1. The maximum Gasteiger partial charge on any atom is 0.173 e. The second-order valence-corrected chi connectivity index (χ2v) is 6.31. The van der Waals surface area contributed by atoms with Gasteiger partial charge in [0, 0.05) is 22.2 Å². The van der Waals surface area contributed by atoms with Crippen molar-refractivity contribution in [2.24, 2.45) is 0 Å². The fourth-order valence-corrected chi connectivity index (χ4v) is 3.06. The first-order valence-corrected chi connectivity index (χ1v) is 8.65. The van der Waals surface area contributed by atoms with Gasteiger partial charge in [0.05, 0.1) is 24.0 Å². The molecular weight excluding hydrogens is 365 g/mol. The van der Waals surface area contributed by atoms with Gasteiger partial charge >= 0.3 is 0 Å². The summed E-state index contributed by atoms with van der Waals surface area (Å²) in [6.07, 6.45) is 1.67. The largest absolute Gasteiger partial charge is 0.493 e. The predicted octanol–water partition coefficient (Wildman–Crippen LogP) is 5.84. The van der Waals surface area contributed by atoms with Gasteiger partial charge in [-0.25, -0.2) is 14.4 Å². The van der Waals surface area contributed by atoms with Crippen LogP contribution in [-0.2, 0) is 0 Å². The van der Waals surface area contributed by atoms with Crippen LogP contribution in [0.4, 0.5) is 15.9 Å². The fraction of sp³-hybridized carbons (Fsp3) is 0.0476. The van der Waals surface area contributed by atoms with Crippen molar-refractivity contribution in [2.45, 2.75) is 0 Å². The molecule has 2 heterocycles. The third-order valence-electron chi connectivity index (χ3n) is 4.16.